The van der Waals surface area contributed by atoms with Crippen LogP contribution in [-0.4, -0.2) is 72.9 Å². The van der Waals surface area contributed by atoms with Crippen LogP contribution in [0.25, 0.3) is 16.8 Å². The normalized spacial score (nSPS) is 24.3. The fraction of sp³-hybridized carbons (Fsp3) is 0.364. The lowest BCUT2D eigenvalue weighted by Gasteiger charge is -2.35. The summed E-state index contributed by atoms with van der Waals surface area (Å²) in [6.45, 7) is -0.250. The van der Waals surface area contributed by atoms with E-state index in [1.807, 2.05) is 55.4 Å². The number of amides is 1. The van der Waals surface area contributed by atoms with E-state index in [-0.39, 0.29) is 18.7 Å². The number of aliphatic hydroxyl groups excluding tert-OH is 3. The zero-order valence-corrected chi connectivity index (χ0v) is 16.8. The molecule has 2 aromatic rings. The fourth-order valence-electron chi connectivity index (χ4n) is 3.27. The third-order valence-corrected chi connectivity index (χ3v) is 5.11. The van der Waals surface area contributed by atoms with Crippen molar-refractivity contribution in [2.45, 2.75) is 24.4 Å². The van der Waals surface area contributed by atoms with Crippen molar-refractivity contribution in [1.29, 1.82) is 5.26 Å². The molecule has 1 heterocycles. The molecule has 4 atom stereocenters. The number of hydrogen-bond donors (Lipinski definition) is 4. The highest BCUT2D eigenvalue weighted by atomic mass is 16.5. The maximum Gasteiger partial charge on any atom is 0.262 e. The standard InChI is InChI=1S/C22H25N3O5/c1-25(2)17-6-5-14-7-13(3-4-15(14)9-17)8-16(10-23)22(29)24-11-19-21(28)20(27)18(26)12-30-19/h3-9,18-21,26-28H,11-12H2,1-2H3,(H,24,29)/b16-8+/t18-,19+,20+,21+/m0/s1. The Bertz CT molecular complexity index is 998. The average molecular weight is 411 g/mol. The minimum Gasteiger partial charge on any atom is -0.388 e. The highest BCUT2D eigenvalue weighted by molar-refractivity contribution is 6.02. The largest absolute Gasteiger partial charge is 0.388 e. The summed E-state index contributed by atoms with van der Waals surface area (Å²) in [5.74, 6) is -0.614. The van der Waals surface area contributed by atoms with Crippen molar-refractivity contribution in [2.75, 3.05) is 32.1 Å². The predicted molar refractivity (Wildman–Crippen MR) is 113 cm³/mol. The number of fused-ring (bicyclic) bond motifs is 1. The van der Waals surface area contributed by atoms with Crippen LogP contribution >= 0.6 is 0 Å². The fourth-order valence-corrected chi connectivity index (χ4v) is 3.27. The van der Waals surface area contributed by atoms with Gasteiger partial charge in [0.25, 0.3) is 5.91 Å². The number of hydrogen-bond acceptors (Lipinski definition) is 7. The molecule has 3 rings (SSSR count). The number of ether oxygens (including phenoxy) is 1. The monoisotopic (exact) mass is 411 g/mol. The second kappa shape index (κ2) is 9.24. The van der Waals surface area contributed by atoms with Crippen molar-refractivity contribution in [2.24, 2.45) is 0 Å². The summed E-state index contributed by atoms with van der Waals surface area (Å²) in [5.41, 5.74) is 1.69. The maximum atomic E-state index is 12.4. The Hall–Kier alpha value is -2.96. The lowest BCUT2D eigenvalue weighted by Crippen LogP contribution is -2.56. The first-order valence-electron chi connectivity index (χ1n) is 9.57. The molecular formula is C22H25N3O5. The minimum atomic E-state index is -1.35. The van der Waals surface area contributed by atoms with Crippen LogP contribution in [0.3, 0.4) is 0 Å². The number of nitrogens with zero attached hydrogens (tertiary/aromatic N) is 2. The summed E-state index contributed by atoms with van der Waals surface area (Å²) in [4.78, 5) is 14.4. The van der Waals surface area contributed by atoms with E-state index < -0.39 is 30.3 Å². The van der Waals surface area contributed by atoms with Gasteiger partial charge in [0.2, 0.25) is 0 Å². The highest BCUT2D eigenvalue weighted by Gasteiger charge is 2.37. The van der Waals surface area contributed by atoms with Crippen LogP contribution in [0, 0.1) is 11.3 Å². The van der Waals surface area contributed by atoms with Crippen LogP contribution < -0.4 is 10.2 Å². The molecular weight excluding hydrogens is 386 g/mol. The molecule has 0 bridgehead atoms. The number of carbonyl (C=O) groups is 1. The lowest BCUT2D eigenvalue weighted by molar-refractivity contribution is -0.185. The Labute approximate surface area is 174 Å². The molecule has 30 heavy (non-hydrogen) atoms. The number of carbonyl (C=O) groups excluding carboxylic acids is 1. The molecule has 0 saturated carbocycles. The summed E-state index contributed by atoms with van der Waals surface area (Å²) in [6, 6.07) is 13.6. The Morgan fingerprint density at radius 1 is 1.20 bits per heavy atom. The van der Waals surface area contributed by atoms with Crippen LogP contribution in [0.5, 0.6) is 0 Å². The zero-order valence-electron chi connectivity index (χ0n) is 16.8. The number of anilines is 1. The minimum absolute atomic E-state index is 0.0925. The van der Waals surface area contributed by atoms with E-state index in [1.54, 1.807) is 0 Å². The van der Waals surface area contributed by atoms with E-state index >= 15 is 0 Å². The molecule has 0 aliphatic carbocycles. The second-order valence-electron chi connectivity index (χ2n) is 7.49. The number of benzene rings is 2. The first-order chi connectivity index (χ1) is 14.3. The van der Waals surface area contributed by atoms with Gasteiger partial charge in [-0.3, -0.25) is 4.79 Å². The maximum absolute atomic E-state index is 12.4. The van der Waals surface area contributed by atoms with Gasteiger partial charge in [-0.2, -0.15) is 5.26 Å². The summed E-state index contributed by atoms with van der Waals surface area (Å²) in [5, 5.41) is 43.1. The van der Waals surface area contributed by atoms with E-state index in [2.05, 4.69) is 11.4 Å². The molecule has 4 N–H and O–H groups in total. The summed E-state index contributed by atoms with van der Waals surface area (Å²) >= 11 is 0. The Balaban J connectivity index is 1.71. The van der Waals surface area contributed by atoms with Crippen LogP contribution in [-0.2, 0) is 9.53 Å². The van der Waals surface area contributed by atoms with Crippen LogP contribution in [0.1, 0.15) is 5.56 Å². The number of aliphatic hydroxyl groups is 3. The summed E-state index contributed by atoms with van der Waals surface area (Å²) < 4.78 is 5.25. The van der Waals surface area contributed by atoms with Crippen molar-refractivity contribution >= 4 is 28.4 Å². The molecule has 0 unspecified atom stereocenters. The number of rotatable bonds is 5. The third-order valence-electron chi connectivity index (χ3n) is 5.11. The van der Waals surface area contributed by atoms with Gasteiger partial charge in [-0.05, 0) is 40.6 Å². The van der Waals surface area contributed by atoms with Gasteiger partial charge in [0.1, 0.15) is 36.1 Å². The molecule has 158 valence electrons. The third kappa shape index (κ3) is 4.78. The number of nitrogens with one attached hydrogen (secondary N) is 1. The molecule has 1 amide bonds. The van der Waals surface area contributed by atoms with Gasteiger partial charge in [-0.15, -0.1) is 0 Å². The molecule has 0 aromatic heterocycles. The Kier molecular flexibility index (Phi) is 6.70. The van der Waals surface area contributed by atoms with Crippen LogP contribution in [0.4, 0.5) is 5.69 Å². The molecule has 1 fully saturated rings. The Morgan fingerprint density at radius 3 is 2.60 bits per heavy atom. The topological polar surface area (TPSA) is 126 Å². The Morgan fingerprint density at radius 2 is 1.90 bits per heavy atom. The van der Waals surface area contributed by atoms with Crippen molar-refractivity contribution in [3.05, 3.63) is 47.5 Å². The van der Waals surface area contributed by atoms with Crippen LogP contribution in [0.2, 0.25) is 0 Å². The molecule has 2 aromatic carbocycles. The predicted octanol–water partition coefficient (Wildman–Crippen LogP) is 0.410. The zero-order chi connectivity index (χ0) is 21.8. The highest BCUT2D eigenvalue weighted by Crippen LogP contribution is 2.23. The van der Waals surface area contributed by atoms with E-state index in [0.717, 1.165) is 16.5 Å². The molecule has 0 spiro atoms. The van der Waals surface area contributed by atoms with Gasteiger partial charge in [-0.25, -0.2) is 0 Å². The van der Waals surface area contributed by atoms with E-state index in [0.29, 0.717) is 5.56 Å². The molecule has 1 aliphatic heterocycles. The van der Waals surface area contributed by atoms with Crippen molar-refractivity contribution in [3.8, 4) is 6.07 Å². The van der Waals surface area contributed by atoms with Gasteiger partial charge in [0, 0.05) is 26.3 Å². The molecule has 1 aliphatic rings. The van der Waals surface area contributed by atoms with Gasteiger partial charge >= 0.3 is 0 Å². The van der Waals surface area contributed by atoms with Crippen molar-refractivity contribution in [1.82, 2.24) is 5.32 Å². The average Bonchev–Trinajstić information content (AvgIpc) is 2.74. The molecule has 1 saturated heterocycles. The van der Waals surface area contributed by atoms with E-state index in [1.165, 1.54) is 6.08 Å². The molecule has 0 radical (unpaired) electrons. The van der Waals surface area contributed by atoms with Crippen molar-refractivity contribution in [3.63, 3.8) is 0 Å². The summed E-state index contributed by atoms with van der Waals surface area (Å²) in [7, 11) is 3.94. The lowest BCUT2D eigenvalue weighted by atomic mass is 10.00. The number of nitriles is 1. The van der Waals surface area contributed by atoms with Crippen molar-refractivity contribution < 1.29 is 24.9 Å². The van der Waals surface area contributed by atoms with Gasteiger partial charge in [0.15, 0.2) is 0 Å². The smallest absolute Gasteiger partial charge is 0.262 e. The van der Waals surface area contributed by atoms with Gasteiger partial charge < -0.3 is 30.3 Å². The van der Waals surface area contributed by atoms with Gasteiger partial charge in [0.05, 0.1) is 6.61 Å². The second-order valence-corrected chi connectivity index (χ2v) is 7.49. The van der Waals surface area contributed by atoms with Gasteiger partial charge in [-0.1, -0.05) is 18.2 Å². The van der Waals surface area contributed by atoms with E-state index in [4.69, 9.17) is 4.74 Å². The SMILES string of the molecule is CN(C)c1ccc2cc(/C=C(\C#N)C(=O)NC[C@H]3OC[C@H](O)[C@@H](O)[C@@H]3O)ccc2c1. The van der Waals surface area contributed by atoms with E-state index in [9.17, 15) is 25.4 Å². The summed E-state index contributed by atoms with van der Waals surface area (Å²) in [6.07, 6.45) is -3.25. The first kappa shape index (κ1) is 21.7. The molecule has 8 heteroatoms. The molecule has 8 nitrogen and oxygen atoms in total. The quantitative estimate of drug-likeness (QED) is 0.415. The first-order valence-corrected chi connectivity index (χ1v) is 9.57. The van der Waals surface area contributed by atoms with Crippen LogP contribution in [0.15, 0.2) is 42.0 Å².